The van der Waals surface area contributed by atoms with Gasteiger partial charge in [0.05, 0.1) is 6.54 Å². The van der Waals surface area contributed by atoms with Gasteiger partial charge in [0.2, 0.25) is 0 Å². The molecule has 1 rings (SSSR count). The molecule has 0 heterocycles. The summed E-state index contributed by atoms with van der Waals surface area (Å²) in [6.45, 7) is 4.05. The van der Waals surface area contributed by atoms with Crippen molar-refractivity contribution in [3.63, 3.8) is 0 Å². The molecule has 0 aliphatic heterocycles. The summed E-state index contributed by atoms with van der Waals surface area (Å²) in [5.74, 6) is 2.68. The van der Waals surface area contributed by atoms with Gasteiger partial charge in [0.25, 0.3) is 0 Å². The highest BCUT2D eigenvalue weighted by Gasteiger charge is 2.22. The third-order valence-corrected chi connectivity index (χ3v) is 2.65. The molecule has 0 aromatic rings. The Hall–Kier alpha value is -0.520. The third-order valence-electron chi connectivity index (χ3n) is 2.65. The number of hydrogen-bond acceptors (Lipinski definition) is 2. The highest BCUT2D eigenvalue weighted by atomic mass is 15.1. The summed E-state index contributed by atoms with van der Waals surface area (Å²) in [7, 11) is 2.10. The van der Waals surface area contributed by atoms with Crippen molar-refractivity contribution in [2.75, 3.05) is 20.1 Å². The summed E-state index contributed by atoms with van der Waals surface area (Å²) in [6.07, 6.45) is 9.16. The van der Waals surface area contributed by atoms with Crippen molar-refractivity contribution in [2.24, 2.45) is 0 Å². The van der Waals surface area contributed by atoms with E-state index in [1.807, 2.05) is 0 Å². The zero-order valence-corrected chi connectivity index (χ0v) is 8.71. The smallest absolute Gasteiger partial charge is 0.0599 e. The Morgan fingerprint density at radius 3 is 2.77 bits per heavy atom. The number of rotatable bonds is 6. The van der Waals surface area contributed by atoms with Gasteiger partial charge < -0.3 is 5.32 Å². The summed E-state index contributed by atoms with van der Waals surface area (Å²) in [4.78, 5) is 2.25. The first-order valence-corrected chi connectivity index (χ1v) is 5.15. The van der Waals surface area contributed by atoms with Gasteiger partial charge in [-0.05, 0) is 26.3 Å². The standard InChI is InChI=1S/C11H20N2/c1-4-8-13(3)11(5-2)9-12-10-6-7-10/h1,10-12H,5-9H2,2-3H3. The van der Waals surface area contributed by atoms with Crippen molar-refractivity contribution in [1.82, 2.24) is 10.2 Å². The lowest BCUT2D eigenvalue weighted by atomic mass is 10.2. The molecule has 2 heteroatoms. The van der Waals surface area contributed by atoms with Crippen molar-refractivity contribution < 1.29 is 0 Å². The zero-order chi connectivity index (χ0) is 9.68. The van der Waals surface area contributed by atoms with Gasteiger partial charge in [-0.1, -0.05) is 12.8 Å². The Kier molecular flexibility index (Phi) is 4.27. The van der Waals surface area contributed by atoms with Crippen molar-refractivity contribution in [3.05, 3.63) is 0 Å². The SMILES string of the molecule is C#CCN(C)C(CC)CNC1CC1. The minimum absolute atomic E-state index is 0.594. The largest absolute Gasteiger partial charge is 0.312 e. The van der Waals surface area contributed by atoms with E-state index in [4.69, 9.17) is 6.42 Å². The Morgan fingerprint density at radius 2 is 2.31 bits per heavy atom. The lowest BCUT2D eigenvalue weighted by molar-refractivity contribution is 0.254. The number of nitrogens with one attached hydrogen (secondary N) is 1. The predicted molar refractivity (Wildman–Crippen MR) is 56.6 cm³/mol. The van der Waals surface area contributed by atoms with E-state index < -0.39 is 0 Å². The van der Waals surface area contributed by atoms with Crippen LogP contribution in [-0.4, -0.2) is 37.1 Å². The molecule has 0 aromatic carbocycles. The summed E-state index contributed by atoms with van der Waals surface area (Å²) in [6, 6.07) is 1.39. The lowest BCUT2D eigenvalue weighted by Gasteiger charge is -2.25. The second-order valence-electron chi connectivity index (χ2n) is 3.86. The zero-order valence-electron chi connectivity index (χ0n) is 8.71. The molecule has 1 aliphatic rings. The monoisotopic (exact) mass is 180 g/mol. The average molecular weight is 180 g/mol. The van der Waals surface area contributed by atoms with Crippen LogP contribution in [0.25, 0.3) is 0 Å². The van der Waals surface area contributed by atoms with Crippen LogP contribution < -0.4 is 5.32 Å². The van der Waals surface area contributed by atoms with Gasteiger partial charge >= 0.3 is 0 Å². The topological polar surface area (TPSA) is 15.3 Å². The molecule has 0 spiro atoms. The quantitative estimate of drug-likeness (QED) is 0.615. The Balaban J connectivity index is 2.19. The van der Waals surface area contributed by atoms with Crippen molar-refractivity contribution in [1.29, 1.82) is 0 Å². The molecular formula is C11H20N2. The molecule has 0 aromatic heterocycles. The van der Waals surface area contributed by atoms with Gasteiger partial charge in [0.1, 0.15) is 0 Å². The van der Waals surface area contributed by atoms with Crippen molar-refractivity contribution in [2.45, 2.75) is 38.3 Å². The van der Waals surface area contributed by atoms with Gasteiger partial charge in [-0.15, -0.1) is 6.42 Å². The highest BCUT2D eigenvalue weighted by molar-refractivity contribution is 4.90. The fourth-order valence-corrected chi connectivity index (χ4v) is 1.48. The van der Waals surface area contributed by atoms with Crippen LogP contribution in [0.1, 0.15) is 26.2 Å². The molecule has 74 valence electrons. The Bertz CT molecular complexity index is 179. The van der Waals surface area contributed by atoms with E-state index in [1.54, 1.807) is 0 Å². The Labute approximate surface area is 81.7 Å². The second-order valence-corrected chi connectivity index (χ2v) is 3.86. The molecule has 1 saturated carbocycles. The fraction of sp³-hybridized carbons (Fsp3) is 0.818. The third kappa shape index (κ3) is 3.80. The van der Waals surface area contributed by atoms with Crippen LogP contribution in [0.5, 0.6) is 0 Å². The van der Waals surface area contributed by atoms with E-state index in [-0.39, 0.29) is 0 Å². The Morgan fingerprint density at radius 1 is 1.62 bits per heavy atom. The summed E-state index contributed by atoms with van der Waals surface area (Å²) >= 11 is 0. The number of terminal acetylenes is 1. The van der Waals surface area contributed by atoms with Gasteiger partial charge in [-0.3, -0.25) is 4.90 Å². The average Bonchev–Trinajstić information content (AvgIpc) is 2.89. The van der Waals surface area contributed by atoms with Crippen molar-refractivity contribution in [3.8, 4) is 12.3 Å². The minimum Gasteiger partial charge on any atom is -0.312 e. The normalized spacial score (nSPS) is 18.6. The molecule has 2 nitrogen and oxygen atoms in total. The molecule has 1 aliphatic carbocycles. The van der Waals surface area contributed by atoms with E-state index in [1.165, 1.54) is 12.8 Å². The number of likely N-dealkylation sites (N-methyl/N-ethyl adjacent to an activating group) is 1. The fourth-order valence-electron chi connectivity index (χ4n) is 1.48. The maximum absolute atomic E-state index is 5.28. The van der Waals surface area contributed by atoms with E-state index in [0.717, 1.165) is 25.6 Å². The van der Waals surface area contributed by atoms with Crippen LogP contribution in [0, 0.1) is 12.3 Å². The van der Waals surface area contributed by atoms with Gasteiger partial charge in [0.15, 0.2) is 0 Å². The van der Waals surface area contributed by atoms with Crippen LogP contribution in [-0.2, 0) is 0 Å². The molecule has 1 unspecified atom stereocenters. The molecule has 0 saturated heterocycles. The maximum atomic E-state index is 5.28. The van der Waals surface area contributed by atoms with Crippen LogP contribution in [0.3, 0.4) is 0 Å². The minimum atomic E-state index is 0.594. The van der Waals surface area contributed by atoms with Crippen molar-refractivity contribution >= 4 is 0 Å². The molecule has 1 fully saturated rings. The van der Waals surface area contributed by atoms with E-state index >= 15 is 0 Å². The summed E-state index contributed by atoms with van der Waals surface area (Å²) in [5.41, 5.74) is 0. The van der Waals surface area contributed by atoms with E-state index in [9.17, 15) is 0 Å². The molecule has 1 N–H and O–H groups in total. The number of hydrogen-bond donors (Lipinski definition) is 1. The molecule has 1 atom stereocenters. The second kappa shape index (κ2) is 5.26. The lowest BCUT2D eigenvalue weighted by Crippen LogP contribution is -2.40. The molecular weight excluding hydrogens is 160 g/mol. The first kappa shape index (κ1) is 10.6. The first-order chi connectivity index (χ1) is 6.27. The maximum Gasteiger partial charge on any atom is 0.0599 e. The van der Waals surface area contributed by atoms with Crippen LogP contribution in [0.2, 0.25) is 0 Å². The summed E-state index contributed by atoms with van der Waals surface area (Å²) in [5, 5.41) is 3.54. The van der Waals surface area contributed by atoms with Gasteiger partial charge in [0, 0.05) is 18.6 Å². The molecule has 0 bridgehead atoms. The molecule has 0 amide bonds. The van der Waals surface area contributed by atoms with Crippen LogP contribution in [0.4, 0.5) is 0 Å². The van der Waals surface area contributed by atoms with Crippen LogP contribution >= 0.6 is 0 Å². The predicted octanol–water partition coefficient (Wildman–Crippen LogP) is 1.08. The highest BCUT2D eigenvalue weighted by Crippen LogP contribution is 2.18. The van der Waals surface area contributed by atoms with E-state index in [0.29, 0.717) is 6.04 Å². The molecule has 13 heavy (non-hydrogen) atoms. The first-order valence-electron chi connectivity index (χ1n) is 5.15. The van der Waals surface area contributed by atoms with E-state index in [2.05, 4.69) is 30.1 Å². The van der Waals surface area contributed by atoms with Gasteiger partial charge in [-0.2, -0.15) is 0 Å². The molecule has 0 radical (unpaired) electrons. The number of nitrogens with zero attached hydrogens (tertiary/aromatic N) is 1. The summed E-state index contributed by atoms with van der Waals surface area (Å²) < 4.78 is 0. The van der Waals surface area contributed by atoms with Gasteiger partial charge in [-0.25, -0.2) is 0 Å². The van der Waals surface area contributed by atoms with Crippen LogP contribution in [0.15, 0.2) is 0 Å².